The SMILES string of the molecule is CCCCc1csc(C#Cc2ccc(-c3ccc(C#Cc4scc(CCCC)c4CCCC)cn3)nc2)c1CCCC. The number of thiophene rings is 2. The topological polar surface area (TPSA) is 25.8 Å². The van der Waals surface area contributed by atoms with Crippen LogP contribution in [0, 0.1) is 23.7 Å². The molecule has 0 unspecified atom stereocenters. The molecule has 4 heterocycles. The zero-order chi connectivity index (χ0) is 29.6. The quantitative estimate of drug-likeness (QED) is 0.144. The third kappa shape index (κ3) is 8.91. The molecule has 0 aromatic carbocycles. The maximum Gasteiger partial charge on any atom is 0.0887 e. The smallest absolute Gasteiger partial charge is 0.0887 e. The zero-order valence-corrected chi connectivity index (χ0v) is 27.4. The molecule has 4 aromatic rings. The molecule has 2 nitrogen and oxygen atoms in total. The van der Waals surface area contributed by atoms with Gasteiger partial charge in [0.1, 0.15) is 0 Å². The maximum absolute atomic E-state index is 4.67. The van der Waals surface area contributed by atoms with Crippen molar-refractivity contribution in [1.29, 1.82) is 0 Å². The van der Waals surface area contributed by atoms with Gasteiger partial charge in [-0.3, -0.25) is 9.97 Å². The lowest BCUT2D eigenvalue weighted by atomic mass is 10.0. The normalized spacial score (nSPS) is 10.7. The van der Waals surface area contributed by atoms with Crippen LogP contribution in [0.2, 0.25) is 0 Å². The van der Waals surface area contributed by atoms with Gasteiger partial charge >= 0.3 is 0 Å². The summed E-state index contributed by atoms with van der Waals surface area (Å²) in [6.45, 7) is 9.02. The van der Waals surface area contributed by atoms with Gasteiger partial charge in [-0.05, 0) is 109 Å². The van der Waals surface area contributed by atoms with Gasteiger partial charge < -0.3 is 0 Å². The van der Waals surface area contributed by atoms with Crippen molar-refractivity contribution in [2.75, 3.05) is 0 Å². The lowest BCUT2D eigenvalue weighted by Crippen LogP contribution is -1.93. The second-order valence-corrected chi connectivity index (χ2v) is 12.7. The van der Waals surface area contributed by atoms with Crippen molar-refractivity contribution in [3.8, 4) is 35.1 Å². The van der Waals surface area contributed by atoms with E-state index in [0.29, 0.717) is 0 Å². The molecular formula is C38H44N2S2. The molecule has 0 N–H and O–H groups in total. The number of pyridine rings is 2. The van der Waals surface area contributed by atoms with E-state index in [1.807, 2.05) is 36.7 Å². The van der Waals surface area contributed by atoms with Crippen LogP contribution in [0.4, 0.5) is 0 Å². The summed E-state index contributed by atoms with van der Waals surface area (Å²) < 4.78 is 0. The zero-order valence-electron chi connectivity index (χ0n) is 25.8. The van der Waals surface area contributed by atoms with Crippen LogP contribution in [0.3, 0.4) is 0 Å². The first kappa shape index (κ1) is 31.7. The van der Waals surface area contributed by atoms with Gasteiger partial charge in [-0.15, -0.1) is 22.7 Å². The van der Waals surface area contributed by atoms with Crippen LogP contribution in [0.1, 0.15) is 122 Å². The summed E-state index contributed by atoms with van der Waals surface area (Å²) in [5.41, 5.74) is 9.48. The van der Waals surface area contributed by atoms with E-state index in [-0.39, 0.29) is 0 Å². The molecule has 0 aliphatic heterocycles. The Labute approximate surface area is 262 Å². The lowest BCUT2D eigenvalue weighted by Gasteiger charge is -2.04. The van der Waals surface area contributed by atoms with E-state index >= 15 is 0 Å². The predicted octanol–water partition coefficient (Wildman–Crippen LogP) is 10.4. The van der Waals surface area contributed by atoms with Gasteiger partial charge in [0.25, 0.3) is 0 Å². The van der Waals surface area contributed by atoms with Crippen molar-refractivity contribution < 1.29 is 0 Å². The first-order valence-corrected chi connectivity index (χ1v) is 17.6. The summed E-state index contributed by atoms with van der Waals surface area (Å²) >= 11 is 3.59. The molecule has 4 rings (SSSR count). The molecular weight excluding hydrogens is 549 g/mol. The Hall–Kier alpha value is -3.18. The molecule has 218 valence electrons. The Kier molecular flexibility index (Phi) is 12.9. The van der Waals surface area contributed by atoms with E-state index in [9.17, 15) is 0 Å². The van der Waals surface area contributed by atoms with Gasteiger partial charge in [0, 0.05) is 23.5 Å². The highest BCUT2D eigenvalue weighted by molar-refractivity contribution is 7.11. The van der Waals surface area contributed by atoms with Crippen molar-refractivity contribution >= 4 is 22.7 Å². The fraction of sp³-hybridized carbons (Fsp3) is 0.421. The standard InChI is InChI=1S/C38H44N2S2/c1-5-9-13-31-27-41-37(33(31)15-11-7-3)23-19-29-17-21-35(39-25-29)36-22-18-30(26-40-36)20-24-38-34(16-12-8-4)32(28-42-38)14-10-6-2/h17-18,21-22,25-28H,5-16H2,1-4H3. The van der Waals surface area contributed by atoms with Crippen LogP contribution in [-0.4, -0.2) is 9.97 Å². The Balaban J connectivity index is 1.45. The van der Waals surface area contributed by atoms with Gasteiger partial charge in [0.15, 0.2) is 0 Å². The molecule has 0 amide bonds. The van der Waals surface area contributed by atoms with Crippen molar-refractivity contribution in [2.45, 2.75) is 105 Å². The maximum atomic E-state index is 4.67. The number of aryl methyl sites for hydroxylation is 2. The summed E-state index contributed by atoms with van der Waals surface area (Å²) in [7, 11) is 0. The molecule has 0 aliphatic carbocycles. The van der Waals surface area contributed by atoms with E-state index in [1.54, 1.807) is 22.7 Å². The largest absolute Gasteiger partial charge is 0.253 e. The van der Waals surface area contributed by atoms with Gasteiger partial charge in [0.2, 0.25) is 0 Å². The van der Waals surface area contributed by atoms with Crippen molar-refractivity contribution in [1.82, 2.24) is 9.97 Å². The first-order chi connectivity index (χ1) is 20.7. The Morgan fingerprint density at radius 1 is 0.524 bits per heavy atom. The highest BCUT2D eigenvalue weighted by Crippen LogP contribution is 2.27. The average molecular weight is 593 g/mol. The van der Waals surface area contributed by atoms with Crippen molar-refractivity contribution in [3.63, 3.8) is 0 Å². The third-order valence-electron chi connectivity index (χ3n) is 7.55. The fourth-order valence-corrected chi connectivity index (χ4v) is 6.96. The number of aromatic nitrogens is 2. The van der Waals surface area contributed by atoms with Crippen LogP contribution in [-0.2, 0) is 25.7 Å². The molecule has 0 fully saturated rings. The van der Waals surface area contributed by atoms with E-state index < -0.39 is 0 Å². The minimum atomic E-state index is 0.849. The average Bonchev–Trinajstić information content (AvgIpc) is 3.61. The number of nitrogens with zero attached hydrogens (tertiary/aromatic N) is 2. The van der Waals surface area contributed by atoms with Gasteiger partial charge in [-0.1, -0.05) is 77.1 Å². The Bertz CT molecular complexity index is 1400. The van der Waals surface area contributed by atoms with Crippen molar-refractivity contribution in [3.05, 3.63) is 90.6 Å². The predicted molar refractivity (Wildman–Crippen MR) is 183 cm³/mol. The second kappa shape index (κ2) is 17.1. The second-order valence-electron chi connectivity index (χ2n) is 10.9. The molecule has 0 saturated heterocycles. The molecule has 0 aliphatic rings. The molecule has 0 spiro atoms. The third-order valence-corrected chi connectivity index (χ3v) is 9.52. The minimum absolute atomic E-state index is 0.849. The number of unbranched alkanes of at least 4 members (excludes halogenated alkanes) is 4. The van der Waals surface area contributed by atoms with Gasteiger partial charge in [-0.25, -0.2) is 0 Å². The summed E-state index contributed by atoms with van der Waals surface area (Å²) in [5, 5.41) is 4.64. The molecule has 4 aromatic heterocycles. The van der Waals surface area contributed by atoms with E-state index in [1.165, 1.54) is 83.4 Å². The van der Waals surface area contributed by atoms with Crippen LogP contribution in [0.15, 0.2) is 47.4 Å². The Morgan fingerprint density at radius 3 is 1.29 bits per heavy atom. The van der Waals surface area contributed by atoms with Gasteiger partial charge in [-0.2, -0.15) is 0 Å². The summed E-state index contributed by atoms with van der Waals surface area (Å²) in [4.78, 5) is 11.8. The minimum Gasteiger partial charge on any atom is -0.253 e. The lowest BCUT2D eigenvalue weighted by molar-refractivity contribution is 0.761. The summed E-state index contributed by atoms with van der Waals surface area (Å²) in [6, 6.07) is 8.13. The molecule has 0 saturated carbocycles. The van der Waals surface area contributed by atoms with Crippen molar-refractivity contribution in [2.24, 2.45) is 0 Å². The fourth-order valence-electron chi connectivity index (χ4n) is 4.95. The van der Waals surface area contributed by atoms with Crippen LogP contribution in [0.25, 0.3) is 11.4 Å². The first-order valence-electron chi connectivity index (χ1n) is 15.8. The molecule has 0 bridgehead atoms. The number of hydrogen-bond acceptors (Lipinski definition) is 4. The van der Waals surface area contributed by atoms with E-state index in [2.05, 4.69) is 72.1 Å². The van der Waals surface area contributed by atoms with E-state index in [4.69, 9.17) is 0 Å². The van der Waals surface area contributed by atoms with Crippen LogP contribution in [0.5, 0.6) is 0 Å². The summed E-state index contributed by atoms with van der Waals surface area (Å²) in [5.74, 6) is 13.6. The molecule has 4 heteroatoms. The highest BCUT2D eigenvalue weighted by atomic mass is 32.1. The molecule has 42 heavy (non-hydrogen) atoms. The number of hydrogen-bond donors (Lipinski definition) is 0. The van der Waals surface area contributed by atoms with Gasteiger partial charge in [0.05, 0.1) is 21.1 Å². The Morgan fingerprint density at radius 2 is 0.929 bits per heavy atom. The highest BCUT2D eigenvalue weighted by Gasteiger charge is 2.11. The summed E-state index contributed by atoms with van der Waals surface area (Å²) in [6.07, 6.45) is 18.1. The van der Waals surface area contributed by atoms with E-state index in [0.717, 1.165) is 48.2 Å². The monoisotopic (exact) mass is 592 g/mol. The van der Waals surface area contributed by atoms with Crippen LogP contribution >= 0.6 is 22.7 Å². The van der Waals surface area contributed by atoms with Crippen LogP contribution < -0.4 is 0 Å². The number of rotatable bonds is 13. The molecule has 0 radical (unpaired) electrons. The molecule has 0 atom stereocenters.